The van der Waals surface area contributed by atoms with Crippen LogP contribution in [0.5, 0.6) is 0 Å². The predicted octanol–water partition coefficient (Wildman–Crippen LogP) is 0.446. The molecular weight excluding hydrogens is 295 g/mol. The molecule has 8 heteroatoms. The van der Waals surface area contributed by atoms with Crippen molar-refractivity contribution in [1.82, 2.24) is 0 Å². The third-order valence-electron chi connectivity index (χ3n) is 1.86. The molecule has 0 rings (SSSR count). The molecule has 0 saturated heterocycles. The van der Waals surface area contributed by atoms with Gasteiger partial charge in [0.1, 0.15) is 0 Å². The van der Waals surface area contributed by atoms with Gasteiger partial charge in [0.2, 0.25) is 10.3 Å². The minimum Gasteiger partial charge on any atom is -0.465 e. The van der Waals surface area contributed by atoms with Crippen LogP contribution in [0.25, 0.3) is 0 Å². The maximum absolute atomic E-state index is 11.5. The molecule has 0 fully saturated rings. The van der Waals surface area contributed by atoms with Crippen LogP contribution >= 0.6 is 0 Å². The molecule has 111 valence electrons. The summed E-state index contributed by atoms with van der Waals surface area (Å²) in [4.78, 5) is 22.3. The Morgan fingerprint density at radius 1 is 0.950 bits per heavy atom. The van der Waals surface area contributed by atoms with Gasteiger partial charge in [0.25, 0.3) is 0 Å². The second-order valence-electron chi connectivity index (χ2n) is 4.90. The normalized spacial score (nSPS) is 9.90. The van der Waals surface area contributed by atoms with E-state index in [-0.39, 0.29) is 54.6 Å². The van der Waals surface area contributed by atoms with E-state index in [9.17, 15) is 18.0 Å². The van der Waals surface area contributed by atoms with Crippen molar-refractivity contribution < 1.29 is 27.5 Å². The van der Waals surface area contributed by atoms with Crippen LogP contribution in [0.1, 0.15) is 34.1 Å². The number of hydrogen-bond acceptors (Lipinski definition) is 6. The van der Waals surface area contributed by atoms with E-state index < -0.39 is 33.5 Å². The van der Waals surface area contributed by atoms with Crippen LogP contribution in [0.4, 0.5) is 0 Å². The van der Waals surface area contributed by atoms with E-state index in [2.05, 4.69) is 0 Å². The van der Waals surface area contributed by atoms with Crippen LogP contribution in [0.3, 0.4) is 0 Å². The summed E-state index contributed by atoms with van der Waals surface area (Å²) in [6, 6.07) is 0. The van der Waals surface area contributed by atoms with E-state index in [4.69, 9.17) is 9.47 Å². The van der Waals surface area contributed by atoms with E-state index in [0.29, 0.717) is 0 Å². The zero-order valence-corrected chi connectivity index (χ0v) is 15.5. The first kappa shape index (κ1) is 21.9. The summed E-state index contributed by atoms with van der Waals surface area (Å²) in [5.41, 5.74) is 0. The number of rotatable bonds is 7. The van der Waals surface area contributed by atoms with E-state index in [1.807, 2.05) is 27.7 Å². The van der Waals surface area contributed by atoms with Crippen molar-refractivity contribution in [1.29, 1.82) is 0 Å². The fraction of sp³-hybridized carbons (Fsp3) is 0.750. The van der Waals surface area contributed by atoms with Gasteiger partial charge >= 0.3 is 11.9 Å². The van der Waals surface area contributed by atoms with Crippen molar-refractivity contribution in [3.05, 3.63) is 0 Å². The molecule has 20 heavy (non-hydrogen) atoms. The molecule has 6 nitrogen and oxygen atoms in total. The SMILES string of the molecule is CC(C)COC(=O)CC(C(=O)OCC(C)C)=S(=O)=O.[Na]. The Bertz CT molecular complexity index is 445. The second-order valence-corrected chi connectivity index (χ2v) is 5.87. The minimum atomic E-state index is -2.79. The van der Waals surface area contributed by atoms with Crippen LogP contribution in [0, 0.1) is 11.8 Å². The van der Waals surface area contributed by atoms with Crippen molar-refractivity contribution in [2.24, 2.45) is 11.8 Å². The van der Waals surface area contributed by atoms with Gasteiger partial charge in [-0.25, -0.2) is 4.79 Å². The third-order valence-corrected chi connectivity index (χ3v) is 2.57. The third kappa shape index (κ3) is 10.4. The van der Waals surface area contributed by atoms with Crippen LogP contribution in [-0.4, -0.2) is 68.0 Å². The molecule has 0 amide bonds. The molecule has 0 N–H and O–H groups in total. The first-order chi connectivity index (χ1) is 8.73. The van der Waals surface area contributed by atoms with Gasteiger partial charge in [-0.3, -0.25) is 4.79 Å². The maximum atomic E-state index is 11.5. The summed E-state index contributed by atoms with van der Waals surface area (Å²) in [6.45, 7) is 7.61. The number of hydrogen-bond donors (Lipinski definition) is 0. The van der Waals surface area contributed by atoms with E-state index in [1.165, 1.54) is 0 Å². The molecule has 0 atom stereocenters. The predicted molar refractivity (Wildman–Crippen MR) is 75.9 cm³/mol. The van der Waals surface area contributed by atoms with Gasteiger partial charge in [0, 0.05) is 29.6 Å². The van der Waals surface area contributed by atoms with Gasteiger partial charge in [0.15, 0.2) is 4.86 Å². The molecule has 0 aromatic heterocycles. The standard InChI is InChI=1S/C12H20O6S.Na/c1-8(2)6-17-11(13)5-10(19(15)16)12(14)18-7-9(3)4;/h8-9H,5-7H2,1-4H3;. The van der Waals surface area contributed by atoms with E-state index in [1.54, 1.807) is 0 Å². The molecule has 0 bridgehead atoms. The Morgan fingerprint density at radius 2 is 1.40 bits per heavy atom. The molecule has 0 aromatic carbocycles. The smallest absolute Gasteiger partial charge is 0.350 e. The molecule has 0 aliphatic carbocycles. The van der Waals surface area contributed by atoms with Gasteiger partial charge in [-0.05, 0) is 11.8 Å². The maximum Gasteiger partial charge on any atom is 0.350 e. The van der Waals surface area contributed by atoms with Crippen LogP contribution in [-0.2, 0) is 29.4 Å². The molecular formula is C12H20NaO6S. The number of carbonyl (C=O) groups is 2. The zero-order chi connectivity index (χ0) is 15.0. The first-order valence-electron chi connectivity index (χ1n) is 6.01. The second kappa shape index (κ2) is 11.3. The Morgan fingerprint density at radius 3 is 1.80 bits per heavy atom. The number of ether oxygens (including phenoxy) is 2. The van der Waals surface area contributed by atoms with E-state index in [0.717, 1.165) is 0 Å². The Labute approximate surface area is 143 Å². The van der Waals surface area contributed by atoms with Gasteiger partial charge in [-0.15, -0.1) is 0 Å². The Kier molecular flexibility index (Phi) is 12.4. The summed E-state index contributed by atoms with van der Waals surface area (Å²) >= 11 is 0. The molecule has 0 aliphatic rings. The molecule has 0 aromatic rings. The number of carbonyl (C=O) groups excluding carboxylic acids is 2. The zero-order valence-electron chi connectivity index (χ0n) is 12.6. The van der Waals surface area contributed by atoms with Crippen molar-refractivity contribution in [2.75, 3.05) is 13.2 Å². The largest absolute Gasteiger partial charge is 0.465 e. The fourth-order valence-electron chi connectivity index (χ4n) is 0.964. The van der Waals surface area contributed by atoms with Crippen molar-refractivity contribution in [2.45, 2.75) is 34.1 Å². The Hall–Kier alpha value is -0.370. The van der Waals surface area contributed by atoms with Crippen molar-refractivity contribution in [3.8, 4) is 0 Å². The average molecular weight is 315 g/mol. The summed E-state index contributed by atoms with van der Waals surface area (Å²) in [5.74, 6) is -1.53. The van der Waals surface area contributed by atoms with E-state index >= 15 is 0 Å². The molecule has 0 saturated carbocycles. The summed E-state index contributed by atoms with van der Waals surface area (Å²) in [7, 11) is -2.79. The Balaban J connectivity index is 0. The van der Waals surface area contributed by atoms with Crippen LogP contribution < -0.4 is 0 Å². The molecule has 0 unspecified atom stereocenters. The van der Waals surface area contributed by atoms with Gasteiger partial charge in [-0.2, -0.15) is 8.42 Å². The summed E-state index contributed by atoms with van der Waals surface area (Å²) in [6.07, 6.45) is -0.597. The molecule has 0 spiro atoms. The molecule has 0 heterocycles. The van der Waals surface area contributed by atoms with Crippen LogP contribution in [0.2, 0.25) is 0 Å². The molecule has 1 radical (unpaired) electrons. The van der Waals surface area contributed by atoms with Gasteiger partial charge < -0.3 is 9.47 Å². The summed E-state index contributed by atoms with van der Waals surface area (Å²) in [5, 5.41) is 0. The fourth-order valence-corrected chi connectivity index (χ4v) is 1.39. The topological polar surface area (TPSA) is 86.7 Å². The quantitative estimate of drug-likeness (QED) is 0.385. The summed E-state index contributed by atoms with van der Waals surface area (Å²) < 4.78 is 31.4. The van der Waals surface area contributed by atoms with Gasteiger partial charge in [-0.1, -0.05) is 27.7 Å². The number of esters is 2. The van der Waals surface area contributed by atoms with Crippen molar-refractivity contribution >= 4 is 56.7 Å². The average Bonchev–Trinajstić information content (AvgIpc) is 2.29. The first-order valence-corrected chi connectivity index (χ1v) is 7.09. The van der Waals surface area contributed by atoms with Crippen LogP contribution in [0.15, 0.2) is 0 Å². The monoisotopic (exact) mass is 315 g/mol. The minimum absolute atomic E-state index is 0. The van der Waals surface area contributed by atoms with Crippen molar-refractivity contribution in [3.63, 3.8) is 0 Å². The molecule has 0 aliphatic heterocycles. The van der Waals surface area contributed by atoms with Gasteiger partial charge in [0.05, 0.1) is 19.6 Å².